The lowest BCUT2D eigenvalue weighted by Gasteiger charge is -2.33. The maximum Gasteiger partial charge on any atom is 0.277 e. The van der Waals surface area contributed by atoms with Crippen molar-refractivity contribution in [3.63, 3.8) is 0 Å². The van der Waals surface area contributed by atoms with Crippen LogP contribution in [0.3, 0.4) is 0 Å². The second-order valence-corrected chi connectivity index (χ2v) is 3.64. The van der Waals surface area contributed by atoms with Gasteiger partial charge in [-0.15, -0.1) is 0 Å². The summed E-state index contributed by atoms with van der Waals surface area (Å²) in [7, 11) is 0. The molecule has 70 valence electrons. The van der Waals surface area contributed by atoms with E-state index in [1.807, 2.05) is 0 Å². The second-order valence-electron chi connectivity index (χ2n) is 3.64. The smallest absolute Gasteiger partial charge is 0.277 e. The standard InChI is InChI=1S/C8H17N3O/c1-6(2)11-4-3-10-5-7(11)8(9)12/h6-7,10H,3-5H2,1-2H3,(H2,9,12)/p+1. The Hall–Kier alpha value is -0.610. The van der Waals surface area contributed by atoms with E-state index in [1.165, 1.54) is 4.90 Å². The minimum absolute atomic E-state index is 0.0428. The van der Waals surface area contributed by atoms with Crippen LogP contribution in [0.5, 0.6) is 0 Å². The zero-order valence-electron chi connectivity index (χ0n) is 7.76. The maximum atomic E-state index is 11.0. The lowest BCUT2D eigenvalue weighted by atomic mass is 10.1. The van der Waals surface area contributed by atoms with Gasteiger partial charge in [0, 0.05) is 6.54 Å². The Morgan fingerprint density at radius 2 is 2.33 bits per heavy atom. The highest BCUT2D eigenvalue weighted by Crippen LogP contribution is 1.83. The molecule has 2 unspecified atom stereocenters. The lowest BCUT2D eigenvalue weighted by molar-refractivity contribution is -0.938. The van der Waals surface area contributed by atoms with E-state index in [4.69, 9.17) is 5.73 Å². The van der Waals surface area contributed by atoms with Gasteiger partial charge in [-0.25, -0.2) is 0 Å². The molecule has 0 spiro atoms. The van der Waals surface area contributed by atoms with Crippen LogP contribution in [0, 0.1) is 0 Å². The molecule has 1 amide bonds. The molecule has 2 atom stereocenters. The zero-order chi connectivity index (χ0) is 9.14. The summed E-state index contributed by atoms with van der Waals surface area (Å²) in [5, 5.41) is 3.18. The van der Waals surface area contributed by atoms with E-state index in [2.05, 4.69) is 19.2 Å². The number of piperazine rings is 1. The van der Waals surface area contributed by atoms with Crippen molar-refractivity contribution in [2.24, 2.45) is 5.73 Å². The van der Waals surface area contributed by atoms with Crippen molar-refractivity contribution in [2.75, 3.05) is 19.6 Å². The van der Waals surface area contributed by atoms with Gasteiger partial charge in [0.15, 0.2) is 6.04 Å². The number of nitrogens with two attached hydrogens (primary N) is 1. The highest BCUT2D eigenvalue weighted by molar-refractivity contribution is 5.78. The van der Waals surface area contributed by atoms with E-state index in [-0.39, 0.29) is 11.9 Å². The number of nitrogens with one attached hydrogen (secondary N) is 2. The first-order valence-electron chi connectivity index (χ1n) is 4.48. The van der Waals surface area contributed by atoms with E-state index in [9.17, 15) is 4.79 Å². The number of carbonyl (C=O) groups is 1. The fraction of sp³-hybridized carbons (Fsp3) is 0.875. The van der Waals surface area contributed by atoms with Crippen LogP contribution in [0.2, 0.25) is 0 Å². The van der Waals surface area contributed by atoms with Gasteiger partial charge in [-0.3, -0.25) is 4.79 Å². The number of primary amides is 1. The number of amides is 1. The highest BCUT2D eigenvalue weighted by atomic mass is 16.1. The highest BCUT2D eigenvalue weighted by Gasteiger charge is 2.32. The minimum Gasteiger partial charge on any atom is -0.364 e. The van der Waals surface area contributed by atoms with E-state index in [0.29, 0.717) is 6.04 Å². The third-order valence-electron chi connectivity index (χ3n) is 2.47. The van der Waals surface area contributed by atoms with Crippen LogP contribution in [0.25, 0.3) is 0 Å². The molecule has 12 heavy (non-hydrogen) atoms. The Morgan fingerprint density at radius 3 is 2.75 bits per heavy atom. The van der Waals surface area contributed by atoms with Gasteiger partial charge in [-0.05, 0) is 13.8 Å². The van der Waals surface area contributed by atoms with E-state index in [1.54, 1.807) is 0 Å². The van der Waals surface area contributed by atoms with Crippen molar-refractivity contribution in [3.8, 4) is 0 Å². The third kappa shape index (κ3) is 1.95. The molecule has 0 saturated carbocycles. The van der Waals surface area contributed by atoms with E-state index in [0.717, 1.165) is 19.6 Å². The van der Waals surface area contributed by atoms with Gasteiger partial charge in [0.2, 0.25) is 0 Å². The average Bonchev–Trinajstić information content (AvgIpc) is 2.04. The van der Waals surface area contributed by atoms with Crippen LogP contribution < -0.4 is 16.0 Å². The SMILES string of the molecule is CC(C)[NH+]1CCNCC1C(N)=O. The minimum atomic E-state index is -0.189. The molecule has 0 aromatic carbocycles. The summed E-state index contributed by atoms with van der Waals surface area (Å²) in [6.45, 7) is 6.94. The molecule has 4 nitrogen and oxygen atoms in total. The fourth-order valence-corrected chi connectivity index (χ4v) is 1.76. The molecule has 0 aromatic heterocycles. The normalized spacial score (nSPS) is 30.6. The second kappa shape index (κ2) is 3.87. The fourth-order valence-electron chi connectivity index (χ4n) is 1.76. The van der Waals surface area contributed by atoms with Crippen LogP contribution in [0.15, 0.2) is 0 Å². The Kier molecular flexibility index (Phi) is 3.05. The summed E-state index contributed by atoms with van der Waals surface area (Å²) in [6, 6.07) is 0.434. The molecule has 1 aliphatic heterocycles. The number of quaternary nitrogens is 1. The van der Waals surface area contributed by atoms with Crippen molar-refractivity contribution in [1.82, 2.24) is 5.32 Å². The van der Waals surface area contributed by atoms with Crippen molar-refractivity contribution < 1.29 is 9.69 Å². The molecule has 1 fully saturated rings. The van der Waals surface area contributed by atoms with E-state index < -0.39 is 0 Å². The number of hydrogen-bond donors (Lipinski definition) is 3. The Morgan fingerprint density at radius 1 is 1.67 bits per heavy atom. The third-order valence-corrected chi connectivity index (χ3v) is 2.47. The van der Waals surface area contributed by atoms with Crippen molar-refractivity contribution >= 4 is 5.91 Å². The van der Waals surface area contributed by atoms with Crippen LogP contribution in [-0.4, -0.2) is 37.6 Å². The van der Waals surface area contributed by atoms with Crippen LogP contribution in [0.4, 0.5) is 0 Å². The topological polar surface area (TPSA) is 59.6 Å². The van der Waals surface area contributed by atoms with Gasteiger partial charge < -0.3 is 16.0 Å². The van der Waals surface area contributed by atoms with Crippen molar-refractivity contribution in [2.45, 2.75) is 25.9 Å². The summed E-state index contributed by atoms with van der Waals surface area (Å²) < 4.78 is 0. The molecule has 0 radical (unpaired) electrons. The van der Waals surface area contributed by atoms with E-state index >= 15 is 0 Å². The first-order valence-corrected chi connectivity index (χ1v) is 4.48. The quantitative estimate of drug-likeness (QED) is 0.440. The average molecular weight is 172 g/mol. The van der Waals surface area contributed by atoms with Crippen LogP contribution in [-0.2, 0) is 4.79 Å². The Balaban J connectivity index is 2.60. The first kappa shape index (κ1) is 9.48. The largest absolute Gasteiger partial charge is 0.364 e. The van der Waals surface area contributed by atoms with Gasteiger partial charge >= 0.3 is 0 Å². The van der Waals surface area contributed by atoms with Gasteiger partial charge in [0.1, 0.15) is 0 Å². The first-order chi connectivity index (χ1) is 5.63. The predicted octanol–water partition coefficient (Wildman–Crippen LogP) is -2.26. The molecule has 0 aliphatic carbocycles. The van der Waals surface area contributed by atoms with Crippen LogP contribution in [0.1, 0.15) is 13.8 Å². The summed E-state index contributed by atoms with van der Waals surface area (Å²) in [5.41, 5.74) is 5.30. The Bertz CT molecular complexity index is 170. The monoisotopic (exact) mass is 172 g/mol. The number of carbonyl (C=O) groups excluding carboxylic acids is 1. The summed E-state index contributed by atoms with van der Waals surface area (Å²) >= 11 is 0. The van der Waals surface area contributed by atoms with Crippen molar-refractivity contribution in [1.29, 1.82) is 0 Å². The van der Waals surface area contributed by atoms with Gasteiger partial charge in [0.05, 0.1) is 19.1 Å². The molecule has 0 aromatic rings. The molecular formula is C8H18N3O+. The predicted molar refractivity (Wildman–Crippen MR) is 46.8 cm³/mol. The molecule has 4 heteroatoms. The lowest BCUT2D eigenvalue weighted by Crippen LogP contribution is -3.22. The zero-order valence-corrected chi connectivity index (χ0v) is 7.76. The molecule has 1 rings (SSSR count). The summed E-state index contributed by atoms with van der Waals surface area (Å²) in [4.78, 5) is 12.3. The molecule has 0 bridgehead atoms. The molecular weight excluding hydrogens is 154 g/mol. The summed E-state index contributed by atoms with van der Waals surface area (Å²) in [6.07, 6.45) is 0. The van der Waals surface area contributed by atoms with Crippen LogP contribution >= 0.6 is 0 Å². The van der Waals surface area contributed by atoms with Gasteiger partial charge in [0.25, 0.3) is 5.91 Å². The van der Waals surface area contributed by atoms with Crippen molar-refractivity contribution in [3.05, 3.63) is 0 Å². The molecule has 1 aliphatic rings. The maximum absolute atomic E-state index is 11.0. The number of rotatable bonds is 2. The Labute approximate surface area is 73.1 Å². The molecule has 1 heterocycles. The van der Waals surface area contributed by atoms with Gasteiger partial charge in [-0.1, -0.05) is 0 Å². The number of hydrogen-bond acceptors (Lipinski definition) is 2. The summed E-state index contributed by atoms with van der Waals surface area (Å²) in [5.74, 6) is -0.189. The molecule has 1 saturated heterocycles. The molecule has 4 N–H and O–H groups in total. The van der Waals surface area contributed by atoms with Gasteiger partial charge in [-0.2, -0.15) is 0 Å².